The molecule has 0 saturated carbocycles. The van der Waals surface area contributed by atoms with Crippen LogP contribution in [0.3, 0.4) is 0 Å². The van der Waals surface area contributed by atoms with Crippen molar-refractivity contribution in [2.24, 2.45) is 0 Å². The average Bonchev–Trinajstić information content (AvgIpc) is 2.06. The molecule has 1 aromatic rings. The number of aromatic nitrogens is 1. The molecule has 11 heavy (non-hydrogen) atoms. The van der Waals surface area contributed by atoms with E-state index in [1.54, 1.807) is 31.6 Å². The number of ether oxygens (including phenoxy) is 2. The van der Waals surface area contributed by atoms with Crippen LogP contribution in [0.4, 0.5) is 0 Å². The Hall–Kier alpha value is -1.09. The molecule has 0 bridgehead atoms. The van der Waals surface area contributed by atoms with E-state index in [2.05, 4.69) is 4.98 Å². The van der Waals surface area contributed by atoms with Crippen molar-refractivity contribution in [1.82, 2.24) is 4.98 Å². The third kappa shape index (κ3) is 2.55. The van der Waals surface area contributed by atoms with E-state index >= 15 is 0 Å². The van der Waals surface area contributed by atoms with Crippen LogP contribution in [0.5, 0.6) is 5.75 Å². The Balaban J connectivity index is 2.51. The van der Waals surface area contributed by atoms with Gasteiger partial charge in [0.25, 0.3) is 0 Å². The monoisotopic (exact) mass is 153 g/mol. The molecule has 0 saturated heterocycles. The Morgan fingerprint density at radius 1 is 1.36 bits per heavy atom. The summed E-state index contributed by atoms with van der Waals surface area (Å²) < 4.78 is 10.2. The van der Waals surface area contributed by atoms with Gasteiger partial charge in [-0.15, -0.1) is 0 Å². The second-order valence-corrected chi connectivity index (χ2v) is 2.10. The summed E-state index contributed by atoms with van der Waals surface area (Å²) >= 11 is 0. The Morgan fingerprint density at radius 3 is 2.55 bits per heavy atom. The van der Waals surface area contributed by atoms with Crippen molar-refractivity contribution in [3.8, 4) is 5.75 Å². The van der Waals surface area contributed by atoms with Crippen LogP contribution in [0.1, 0.15) is 6.92 Å². The van der Waals surface area contributed by atoms with Gasteiger partial charge < -0.3 is 9.47 Å². The quantitative estimate of drug-likeness (QED) is 0.616. The minimum Gasteiger partial charge on any atom is -0.465 e. The van der Waals surface area contributed by atoms with Gasteiger partial charge in [0.1, 0.15) is 5.75 Å². The molecule has 0 aliphatic heterocycles. The lowest BCUT2D eigenvalue weighted by atomic mass is 10.4. The highest BCUT2D eigenvalue weighted by atomic mass is 16.7. The largest absolute Gasteiger partial charge is 0.465 e. The molecule has 0 aromatic carbocycles. The first-order valence-corrected chi connectivity index (χ1v) is 3.42. The van der Waals surface area contributed by atoms with E-state index in [0.717, 1.165) is 5.75 Å². The molecule has 0 aliphatic carbocycles. The third-order valence-corrected chi connectivity index (χ3v) is 1.28. The summed E-state index contributed by atoms with van der Waals surface area (Å²) in [6.45, 7) is 1.83. The lowest BCUT2D eigenvalue weighted by Gasteiger charge is -2.11. The van der Waals surface area contributed by atoms with Crippen LogP contribution in [-0.2, 0) is 4.74 Å². The van der Waals surface area contributed by atoms with Crippen LogP contribution in [0.15, 0.2) is 24.5 Å². The van der Waals surface area contributed by atoms with Crippen molar-refractivity contribution in [3.05, 3.63) is 24.5 Å². The highest BCUT2D eigenvalue weighted by molar-refractivity contribution is 5.16. The van der Waals surface area contributed by atoms with Gasteiger partial charge in [0.2, 0.25) is 0 Å². The predicted octanol–water partition coefficient (Wildman–Crippen LogP) is 1.45. The summed E-state index contributed by atoms with van der Waals surface area (Å²) in [6.07, 6.45) is 3.15. The summed E-state index contributed by atoms with van der Waals surface area (Å²) in [5, 5.41) is 0. The smallest absolute Gasteiger partial charge is 0.196 e. The number of hydrogen-bond acceptors (Lipinski definition) is 3. The first kappa shape index (κ1) is 8.01. The molecular weight excluding hydrogens is 142 g/mol. The number of methoxy groups -OCH3 is 1. The average molecular weight is 153 g/mol. The molecule has 0 aliphatic rings. The fourth-order valence-electron chi connectivity index (χ4n) is 0.657. The van der Waals surface area contributed by atoms with Gasteiger partial charge in [-0.3, -0.25) is 4.98 Å². The van der Waals surface area contributed by atoms with E-state index in [4.69, 9.17) is 9.47 Å². The highest BCUT2D eigenvalue weighted by Gasteiger charge is 1.98. The number of pyridine rings is 1. The molecular formula is C8H11NO2. The van der Waals surface area contributed by atoms with Crippen LogP contribution in [0.25, 0.3) is 0 Å². The molecule has 1 unspecified atom stereocenters. The van der Waals surface area contributed by atoms with Crippen LogP contribution in [-0.4, -0.2) is 18.4 Å². The summed E-state index contributed by atoms with van der Waals surface area (Å²) in [6, 6.07) is 3.57. The van der Waals surface area contributed by atoms with Gasteiger partial charge in [-0.2, -0.15) is 0 Å². The SMILES string of the molecule is COC(C)Oc1ccncc1. The lowest BCUT2D eigenvalue weighted by molar-refractivity contribution is -0.0383. The van der Waals surface area contributed by atoms with Crippen molar-refractivity contribution in [1.29, 1.82) is 0 Å². The van der Waals surface area contributed by atoms with E-state index in [1.165, 1.54) is 0 Å². The fraction of sp³-hybridized carbons (Fsp3) is 0.375. The van der Waals surface area contributed by atoms with E-state index in [9.17, 15) is 0 Å². The molecule has 60 valence electrons. The molecule has 1 atom stereocenters. The van der Waals surface area contributed by atoms with E-state index in [-0.39, 0.29) is 6.29 Å². The van der Waals surface area contributed by atoms with E-state index in [1.807, 2.05) is 6.92 Å². The van der Waals surface area contributed by atoms with Crippen LogP contribution in [0, 0.1) is 0 Å². The van der Waals surface area contributed by atoms with Crippen LogP contribution in [0.2, 0.25) is 0 Å². The number of rotatable bonds is 3. The third-order valence-electron chi connectivity index (χ3n) is 1.28. The standard InChI is InChI=1S/C8H11NO2/c1-7(10-2)11-8-3-5-9-6-4-8/h3-7H,1-2H3. The zero-order chi connectivity index (χ0) is 8.10. The van der Waals surface area contributed by atoms with Crippen molar-refractivity contribution in [2.45, 2.75) is 13.2 Å². The summed E-state index contributed by atoms with van der Waals surface area (Å²) in [5.41, 5.74) is 0. The second-order valence-electron chi connectivity index (χ2n) is 2.10. The Bertz CT molecular complexity index is 201. The minimum absolute atomic E-state index is 0.211. The van der Waals surface area contributed by atoms with Gasteiger partial charge in [0.15, 0.2) is 6.29 Å². The highest BCUT2D eigenvalue weighted by Crippen LogP contribution is 2.08. The van der Waals surface area contributed by atoms with Gasteiger partial charge in [0.05, 0.1) is 0 Å². The molecule has 1 aromatic heterocycles. The maximum absolute atomic E-state index is 5.30. The molecule has 0 N–H and O–H groups in total. The second kappa shape index (κ2) is 3.93. The first-order chi connectivity index (χ1) is 5.33. The minimum atomic E-state index is -0.211. The van der Waals surface area contributed by atoms with Crippen molar-refractivity contribution >= 4 is 0 Å². The van der Waals surface area contributed by atoms with Gasteiger partial charge in [-0.1, -0.05) is 0 Å². The molecule has 3 heteroatoms. The molecule has 0 fully saturated rings. The number of hydrogen-bond donors (Lipinski definition) is 0. The van der Waals surface area contributed by atoms with Crippen LogP contribution >= 0.6 is 0 Å². The van der Waals surface area contributed by atoms with Crippen molar-refractivity contribution in [3.63, 3.8) is 0 Å². The summed E-state index contributed by atoms with van der Waals surface area (Å²) in [4.78, 5) is 3.86. The summed E-state index contributed by atoms with van der Waals surface area (Å²) in [7, 11) is 1.60. The lowest BCUT2D eigenvalue weighted by Crippen LogP contribution is -2.13. The Kier molecular flexibility index (Phi) is 2.86. The van der Waals surface area contributed by atoms with Gasteiger partial charge in [-0.05, 0) is 19.1 Å². The molecule has 0 spiro atoms. The fourth-order valence-corrected chi connectivity index (χ4v) is 0.657. The molecule has 0 radical (unpaired) electrons. The summed E-state index contributed by atoms with van der Waals surface area (Å²) in [5.74, 6) is 0.773. The van der Waals surface area contributed by atoms with Gasteiger partial charge in [-0.25, -0.2) is 0 Å². The maximum Gasteiger partial charge on any atom is 0.196 e. The zero-order valence-electron chi connectivity index (χ0n) is 6.65. The van der Waals surface area contributed by atoms with Gasteiger partial charge in [0, 0.05) is 19.5 Å². The van der Waals surface area contributed by atoms with E-state index < -0.39 is 0 Å². The van der Waals surface area contributed by atoms with Crippen molar-refractivity contribution < 1.29 is 9.47 Å². The molecule has 0 amide bonds. The van der Waals surface area contributed by atoms with Gasteiger partial charge >= 0.3 is 0 Å². The molecule has 1 heterocycles. The molecule has 3 nitrogen and oxygen atoms in total. The van der Waals surface area contributed by atoms with E-state index in [0.29, 0.717) is 0 Å². The zero-order valence-corrected chi connectivity index (χ0v) is 6.65. The molecule has 1 rings (SSSR count). The van der Waals surface area contributed by atoms with Crippen LogP contribution < -0.4 is 4.74 Å². The normalized spacial score (nSPS) is 12.5. The predicted molar refractivity (Wildman–Crippen MR) is 41.3 cm³/mol. The maximum atomic E-state index is 5.30. The first-order valence-electron chi connectivity index (χ1n) is 3.42. The Labute approximate surface area is 66.0 Å². The topological polar surface area (TPSA) is 31.4 Å². The number of nitrogens with zero attached hydrogens (tertiary/aromatic N) is 1. The van der Waals surface area contributed by atoms with Crippen molar-refractivity contribution in [2.75, 3.05) is 7.11 Å². The Morgan fingerprint density at radius 2 is 2.00 bits per heavy atom.